The van der Waals surface area contributed by atoms with Gasteiger partial charge in [-0.15, -0.1) is 0 Å². The minimum atomic E-state index is 0.252. The van der Waals surface area contributed by atoms with Crippen LogP contribution in [0.5, 0.6) is 11.5 Å². The van der Waals surface area contributed by atoms with Crippen LogP contribution >= 0.6 is 0 Å². The van der Waals surface area contributed by atoms with Crippen molar-refractivity contribution in [2.75, 3.05) is 40.0 Å². The van der Waals surface area contributed by atoms with Crippen LogP contribution in [0.1, 0.15) is 31.2 Å². The highest BCUT2D eigenvalue weighted by molar-refractivity contribution is 5.44. The molecule has 1 fully saturated rings. The summed E-state index contributed by atoms with van der Waals surface area (Å²) in [7, 11) is 1.69. The van der Waals surface area contributed by atoms with Gasteiger partial charge in [0.15, 0.2) is 11.5 Å². The second-order valence-corrected chi connectivity index (χ2v) is 5.18. The van der Waals surface area contributed by atoms with Crippen LogP contribution in [0.3, 0.4) is 0 Å². The Kier molecular flexibility index (Phi) is 5.68. The molecular formula is C16H25NO3. The minimum absolute atomic E-state index is 0.252. The van der Waals surface area contributed by atoms with Crippen LogP contribution in [0.15, 0.2) is 18.2 Å². The van der Waals surface area contributed by atoms with Gasteiger partial charge in [-0.2, -0.15) is 0 Å². The van der Waals surface area contributed by atoms with E-state index in [2.05, 4.69) is 17.0 Å². The standard InChI is InChI=1S/C16H25NO3/c1-3-20-15-5-4-14(12-16(15)19-2)13-6-8-17(9-7-13)10-11-18/h4-5,12-13,18H,3,6-11H2,1-2H3. The van der Waals surface area contributed by atoms with Crippen molar-refractivity contribution in [2.24, 2.45) is 0 Å². The number of nitrogens with zero attached hydrogens (tertiary/aromatic N) is 1. The molecule has 0 atom stereocenters. The van der Waals surface area contributed by atoms with Crippen molar-refractivity contribution >= 4 is 0 Å². The molecule has 1 aliphatic heterocycles. The average molecular weight is 279 g/mol. The van der Waals surface area contributed by atoms with Crippen molar-refractivity contribution in [1.82, 2.24) is 4.90 Å². The number of ether oxygens (including phenoxy) is 2. The zero-order chi connectivity index (χ0) is 14.4. The highest BCUT2D eigenvalue weighted by Gasteiger charge is 2.21. The van der Waals surface area contributed by atoms with Crippen molar-refractivity contribution < 1.29 is 14.6 Å². The predicted octanol–water partition coefficient (Wildman–Crippen LogP) is 2.27. The Bertz CT molecular complexity index is 414. The van der Waals surface area contributed by atoms with E-state index in [0.717, 1.165) is 44.0 Å². The first-order chi connectivity index (χ1) is 9.78. The van der Waals surface area contributed by atoms with Gasteiger partial charge in [0.2, 0.25) is 0 Å². The molecular weight excluding hydrogens is 254 g/mol. The Balaban J connectivity index is 2.03. The summed E-state index contributed by atoms with van der Waals surface area (Å²) in [5.74, 6) is 2.22. The Morgan fingerprint density at radius 1 is 1.25 bits per heavy atom. The Labute approximate surface area is 121 Å². The van der Waals surface area contributed by atoms with Gasteiger partial charge in [0.05, 0.1) is 20.3 Å². The summed E-state index contributed by atoms with van der Waals surface area (Å²) in [6.07, 6.45) is 2.27. The van der Waals surface area contributed by atoms with E-state index in [1.165, 1.54) is 5.56 Å². The fourth-order valence-electron chi connectivity index (χ4n) is 2.84. The molecule has 0 amide bonds. The van der Waals surface area contributed by atoms with E-state index in [-0.39, 0.29) is 6.61 Å². The lowest BCUT2D eigenvalue weighted by molar-refractivity contribution is 0.164. The topological polar surface area (TPSA) is 41.9 Å². The number of piperidine rings is 1. The maximum absolute atomic E-state index is 8.98. The van der Waals surface area contributed by atoms with Gasteiger partial charge in [-0.25, -0.2) is 0 Å². The summed E-state index contributed by atoms with van der Waals surface area (Å²) in [6.45, 7) is 5.78. The molecule has 1 aromatic carbocycles. The third-order valence-electron chi connectivity index (χ3n) is 3.96. The van der Waals surface area contributed by atoms with Gasteiger partial charge in [-0.3, -0.25) is 0 Å². The van der Waals surface area contributed by atoms with Crippen LogP contribution in [0.25, 0.3) is 0 Å². The highest BCUT2D eigenvalue weighted by atomic mass is 16.5. The summed E-state index contributed by atoms with van der Waals surface area (Å²) in [6, 6.07) is 6.27. The van der Waals surface area contributed by atoms with Gasteiger partial charge < -0.3 is 19.5 Å². The van der Waals surface area contributed by atoms with Gasteiger partial charge in [0.25, 0.3) is 0 Å². The largest absolute Gasteiger partial charge is 0.493 e. The molecule has 1 aliphatic rings. The van der Waals surface area contributed by atoms with Crippen LogP contribution in [0.2, 0.25) is 0 Å². The quantitative estimate of drug-likeness (QED) is 0.867. The third kappa shape index (κ3) is 3.64. The Hall–Kier alpha value is -1.26. The summed E-state index contributed by atoms with van der Waals surface area (Å²) in [5, 5.41) is 8.98. The van der Waals surface area contributed by atoms with Crippen LogP contribution in [0.4, 0.5) is 0 Å². The molecule has 4 heteroatoms. The van der Waals surface area contributed by atoms with Gasteiger partial charge in [-0.1, -0.05) is 6.07 Å². The van der Waals surface area contributed by atoms with E-state index in [1.807, 2.05) is 13.0 Å². The van der Waals surface area contributed by atoms with Crippen molar-refractivity contribution in [3.05, 3.63) is 23.8 Å². The maximum Gasteiger partial charge on any atom is 0.161 e. The second kappa shape index (κ2) is 7.50. The maximum atomic E-state index is 8.98. The zero-order valence-corrected chi connectivity index (χ0v) is 12.5. The van der Waals surface area contributed by atoms with Crippen molar-refractivity contribution in [3.63, 3.8) is 0 Å². The smallest absolute Gasteiger partial charge is 0.161 e. The number of benzene rings is 1. The molecule has 20 heavy (non-hydrogen) atoms. The molecule has 0 spiro atoms. The van der Waals surface area contributed by atoms with Gasteiger partial charge in [0, 0.05) is 6.54 Å². The first-order valence-electron chi connectivity index (χ1n) is 7.42. The summed E-state index contributed by atoms with van der Waals surface area (Å²) in [4.78, 5) is 2.32. The molecule has 4 nitrogen and oxygen atoms in total. The van der Waals surface area contributed by atoms with E-state index >= 15 is 0 Å². The zero-order valence-electron chi connectivity index (χ0n) is 12.5. The van der Waals surface area contributed by atoms with Gasteiger partial charge in [-0.05, 0) is 56.5 Å². The lowest BCUT2D eigenvalue weighted by Crippen LogP contribution is -2.34. The van der Waals surface area contributed by atoms with Crippen LogP contribution < -0.4 is 9.47 Å². The Morgan fingerprint density at radius 2 is 2.00 bits per heavy atom. The lowest BCUT2D eigenvalue weighted by atomic mass is 9.89. The van der Waals surface area contributed by atoms with Gasteiger partial charge >= 0.3 is 0 Å². The molecule has 0 saturated carbocycles. The average Bonchev–Trinajstić information content (AvgIpc) is 2.49. The number of β-amino-alcohol motifs (C(OH)–C–C–N with tert-alkyl or cyclic N) is 1. The molecule has 2 rings (SSSR count). The molecule has 0 bridgehead atoms. The number of hydrogen-bond acceptors (Lipinski definition) is 4. The van der Waals surface area contributed by atoms with Gasteiger partial charge in [0.1, 0.15) is 0 Å². The number of methoxy groups -OCH3 is 1. The molecule has 0 aliphatic carbocycles. The summed E-state index contributed by atoms with van der Waals surface area (Å²) >= 11 is 0. The van der Waals surface area contributed by atoms with E-state index in [1.54, 1.807) is 7.11 Å². The SMILES string of the molecule is CCOc1ccc(C2CCN(CCO)CC2)cc1OC. The second-order valence-electron chi connectivity index (χ2n) is 5.18. The molecule has 0 radical (unpaired) electrons. The molecule has 112 valence electrons. The monoisotopic (exact) mass is 279 g/mol. The highest BCUT2D eigenvalue weighted by Crippen LogP contribution is 2.34. The number of rotatable bonds is 6. The van der Waals surface area contributed by atoms with Crippen LogP contribution in [0, 0.1) is 0 Å². The summed E-state index contributed by atoms with van der Waals surface area (Å²) in [5.41, 5.74) is 1.33. The fraction of sp³-hybridized carbons (Fsp3) is 0.625. The predicted molar refractivity (Wildman–Crippen MR) is 79.7 cm³/mol. The van der Waals surface area contributed by atoms with E-state index < -0.39 is 0 Å². The van der Waals surface area contributed by atoms with E-state index in [0.29, 0.717) is 12.5 Å². The molecule has 1 heterocycles. The first kappa shape index (κ1) is 15.1. The summed E-state index contributed by atoms with van der Waals surface area (Å²) < 4.78 is 11.0. The van der Waals surface area contributed by atoms with Crippen molar-refractivity contribution in [1.29, 1.82) is 0 Å². The molecule has 0 unspecified atom stereocenters. The molecule has 1 N–H and O–H groups in total. The molecule has 1 aromatic rings. The Morgan fingerprint density at radius 3 is 2.60 bits per heavy atom. The number of likely N-dealkylation sites (tertiary alicyclic amines) is 1. The first-order valence-corrected chi connectivity index (χ1v) is 7.42. The minimum Gasteiger partial charge on any atom is -0.493 e. The van der Waals surface area contributed by atoms with Crippen molar-refractivity contribution in [2.45, 2.75) is 25.7 Å². The van der Waals surface area contributed by atoms with Crippen LogP contribution in [-0.4, -0.2) is 50.0 Å². The molecule has 0 aromatic heterocycles. The van der Waals surface area contributed by atoms with E-state index in [9.17, 15) is 0 Å². The number of aliphatic hydroxyl groups excluding tert-OH is 1. The third-order valence-corrected chi connectivity index (χ3v) is 3.96. The normalized spacial score (nSPS) is 17.1. The number of hydrogen-bond donors (Lipinski definition) is 1. The van der Waals surface area contributed by atoms with E-state index in [4.69, 9.17) is 14.6 Å². The molecule has 1 saturated heterocycles. The number of aliphatic hydroxyl groups is 1. The van der Waals surface area contributed by atoms with Crippen LogP contribution in [-0.2, 0) is 0 Å². The lowest BCUT2D eigenvalue weighted by Gasteiger charge is -2.31. The fourth-order valence-corrected chi connectivity index (χ4v) is 2.84. The van der Waals surface area contributed by atoms with Crippen molar-refractivity contribution in [3.8, 4) is 11.5 Å².